The van der Waals surface area contributed by atoms with E-state index in [4.69, 9.17) is 5.73 Å². The van der Waals surface area contributed by atoms with Crippen molar-refractivity contribution < 1.29 is 22.0 Å². The molecule has 3 rings (SSSR count). The number of thiophene rings is 1. The highest BCUT2D eigenvalue weighted by Gasteiger charge is 2.34. The van der Waals surface area contributed by atoms with Gasteiger partial charge in [0.05, 0.1) is 25.0 Å². The summed E-state index contributed by atoms with van der Waals surface area (Å²) in [6.07, 6.45) is -3.18. The summed E-state index contributed by atoms with van der Waals surface area (Å²) in [6.45, 7) is 0.000110. The summed E-state index contributed by atoms with van der Waals surface area (Å²) < 4.78 is 67.2. The molecule has 0 saturated carbocycles. The molecule has 0 unspecified atom stereocenters. The largest absolute Gasteiger partial charge is 0.419 e. The Morgan fingerprint density at radius 1 is 1.24 bits per heavy atom. The van der Waals surface area contributed by atoms with E-state index in [2.05, 4.69) is 5.10 Å². The van der Waals surface area contributed by atoms with E-state index in [0.29, 0.717) is 16.1 Å². The molecule has 0 atom stereocenters. The third-order valence-corrected chi connectivity index (χ3v) is 5.23. The van der Waals surface area contributed by atoms with Crippen molar-refractivity contribution in [2.75, 3.05) is 6.54 Å². The Kier molecular flexibility index (Phi) is 5.99. The van der Waals surface area contributed by atoms with Crippen LogP contribution in [0.1, 0.15) is 10.4 Å². The lowest BCUT2D eigenvalue weighted by molar-refractivity contribution is -0.139. The van der Waals surface area contributed by atoms with E-state index < -0.39 is 23.2 Å². The third-order valence-electron chi connectivity index (χ3n) is 4.11. The van der Waals surface area contributed by atoms with Gasteiger partial charge in [-0.3, -0.25) is 4.57 Å². The molecule has 2 aromatic heterocycles. The van der Waals surface area contributed by atoms with Crippen LogP contribution in [-0.4, -0.2) is 20.9 Å². The van der Waals surface area contributed by atoms with Crippen LogP contribution in [0.4, 0.5) is 22.0 Å². The fraction of sp³-hybridized carbons (Fsp3) is 0.222. The minimum Gasteiger partial charge on any atom is -0.327 e. The van der Waals surface area contributed by atoms with Crippen LogP contribution in [0, 0.1) is 5.82 Å². The van der Waals surface area contributed by atoms with Crippen LogP contribution in [0.2, 0.25) is 0 Å². The van der Waals surface area contributed by atoms with Gasteiger partial charge in [-0.15, -0.1) is 11.3 Å². The number of hydrogen-bond donors (Lipinski definition) is 1. The zero-order chi connectivity index (χ0) is 21.2. The summed E-state index contributed by atoms with van der Waals surface area (Å²) in [7, 11) is 0. The van der Waals surface area contributed by atoms with E-state index in [1.807, 2.05) is 0 Å². The molecule has 0 aliphatic carbocycles. The smallest absolute Gasteiger partial charge is 0.327 e. The SMILES string of the molecule is NC/C(=C\F)Cn1ncn(Cc2ccc(-c3ccc(F)c(C(F)(F)F)c3)s2)c1=O. The van der Waals surface area contributed by atoms with Gasteiger partial charge in [0.2, 0.25) is 0 Å². The van der Waals surface area contributed by atoms with Crippen LogP contribution < -0.4 is 11.4 Å². The van der Waals surface area contributed by atoms with Crippen LogP contribution in [0.15, 0.2) is 53.4 Å². The van der Waals surface area contributed by atoms with E-state index >= 15 is 0 Å². The van der Waals surface area contributed by atoms with Gasteiger partial charge in [-0.05, 0) is 35.4 Å². The van der Waals surface area contributed by atoms with E-state index in [1.54, 1.807) is 12.1 Å². The summed E-state index contributed by atoms with van der Waals surface area (Å²) >= 11 is 1.17. The number of hydrogen-bond acceptors (Lipinski definition) is 4. The number of benzene rings is 1. The molecular formula is C18H15F5N4OS. The van der Waals surface area contributed by atoms with Gasteiger partial charge < -0.3 is 5.73 Å². The number of nitrogens with two attached hydrogens (primary N) is 1. The molecular weight excluding hydrogens is 415 g/mol. The van der Waals surface area contributed by atoms with Crippen molar-refractivity contribution in [2.24, 2.45) is 5.73 Å². The van der Waals surface area contributed by atoms with E-state index in [1.165, 1.54) is 28.3 Å². The summed E-state index contributed by atoms with van der Waals surface area (Å²) in [5.41, 5.74) is 3.98. The first-order valence-corrected chi connectivity index (χ1v) is 9.11. The average molecular weight is 430 g/mol. The molecule has 0 fully saturated rings. The Labute approximate surface area is 165 Å². The second-order valence-corrected chi connectivity index (χ2v) is 7.30. The van der Waals surface area contributed by atoms with Crippen molar-refractivity contribution in [2.45, 2.75) is 19.3 Å². The Balaban J connectivity index is 1.82. The van der Waals surface area contributed by atoms with Crippen molar-refractivity contribution >= 4 is 11.3 Å². The summed E-state index contributed by atoms with van der Waals surface area (Å²) in [4.78, 5) is 13.5. The first-order valence-electron chi connectivity index (χ1n) is 8.29. The van der Waals surface area contributed by atoms with Crippen molar-refractivity contribution in [3.63, 3.8) is 0 Å². The van der Waals surface area contributed by atoms with Crippen molar-refractivity contribution in [3.8, 4) is 10.4 Å². The number of nitrogens with zero attached hydrogens (tertiary/aromatic N) is 3. The fourth-order valence-corrected chi connectivity index (χ4v) is 3.61. The quantitative estimate of drug-likeness (QED) is 0.605. The Bertz CT molecular complexity index is 1100. The summed E-state index contributed by atoms with van der Waals surface area (Å²) in [5.74, 6) is -1.34. The highest BCUT2D eigenvalue weighted by molar-refractivity contribution is 7.15. The van der Waals surface area contributed by atoms with Crippen LogP contribution in [0.25, 0.3) is 10.4 Å². The van der Waals surface area contributed by atoms with Crippen molar-refractivity contribution in [3.05, 3.63) is 75.3 Å². The fourth-order valence-electron chi connectivity index (χ4n) is 2.61. The number of rotatable bonds is 6. The highest BCUT2D eigenvalue weighted by Crippen LogP contribution is 2.36. The lowest BCUT2D eigenvalue weighted by Crippen LogP contribution is -2.26. The van der Waals surface area contributed by atoms with Gasteiger partial charge >= 0.3 is 11.9 Å². The molecule has 0 bridgehead atoms. The van der Waals surface area contributed by atoms with Gasteiger partial charge in [0.15, 0.2) is 0 Å². The minimum absolute atomic E-state index is 0.0539. The zero-order valence-electron chi connectivity index (χ0n) is 14.8. The van der Waals surface area contributed by atoms with Crippen LogP contribution in [-0.2, 0) is 19.3 Å². The molecule has 0 saturated heterocycles. The first-order chi connectivity index (χ1) is 13.7. The molecule has 2 heterocycles. The standard InChI is InChI=1S/C18H15F5N4OS/c19-6-11(7-24)8-27-17(28)26(10-25-27)9-13-2-4-16(29-13)12-1-3-15(20)14(5-12)18(21,22)23/h1-6,10H,7-9,24H2/b11-6+. The molecule has 154 valence electrons. The van der Waals surface area contributed by atoms with Gasteiger partial charge in [0.1, 0.15) is 12.1 Å². The predicted octanol–water partition coefficient (Wildman–Crippen LogP) is 3.79. The predicted molar refractivity (Wildman–Crippen MR) is 98.5 cm³/mol. The molecule has 0 amide bonds. The second-order valence-electron chi connectivity index (χ2n) is 6.13. The van der Waals surface area contributed by atoms with Gasteiger partial charge in [-0.2, -0.15) is 18.3 Å². The van der Waals surface area contributed by atoms with Gasteiger partial charge in [-0.25, -0.2) is 18.3 Å². The Morgan fingerprint density at radius 3 is 2.66 bits per heavy atom. The van der Waals surface area contributed by atoms with Crippen LogP contribution in [0.3, 0.4) is 0 Å². The number of halogens is 5. The molecule has 0 radical (unpaired) electrons. The summed E-state index contributed by atoms with van der Waals surface area (Å²) in [6, 6.07) is 6.06. The minimum atomic E-state index is -4.79. The normalized spacial score (nSPS) is 12.6. The summed E-state index contributed by atoms with van der Waals surface area (Å²) in [5, 5.41) is 3.90. The van der Waals surface area contributed by atoms with E-state index in [0.717, 1.165) is 16.8 Å². The third kappa shape index (κ3) is 4.62. The lowest BCUT2D eigenvalue weighted by Gasteiger charge is -2.09. The van der Waals surface area contributed by atoms with E-state index in [9.17, 15) is 26.7 Å². The highest BCUT2D eigenvalue weighted by atomic mass is 32.1. The first kappa shape index (κ1) is 20.9. The van der Waals surface area contributed by atoms with Gasteiger partial charge in [0.25, 0.3) is 0 Å². The maximum Gasteiger partial charge on any atom is 0.419 e. The number of alkyl halides is 3. The van der Waals surface area contributed by atoms with Crippen LogP contribution >= 0.6 is 11.3 Å². The molecule has 11 heteroatoms. The maximum absolute atomic E-state index is 13.5. The van der Waals surface area contributed by atoms with Gasteiger partial charge in [0, 0.05) is 16.3 Å². The zero-order valence-corrected chi connectivity index (χ0v) is 15.6. The number of aromatic nitrogens is 3. The second kappa shape index (κ2) is 8.29. The molecule has 2 N–H and O–H groups in total. The van der Waals surface area contributed by atoms with Crippen LogP contribution in [0.5, 0.6) is 0 Å². The Hall–Kier alpha value is -2.79. The maximum atomic E-state index is 13.5. The topological polar surface area (TPSA) is 65.8 Å². The Morgan fingerprint density at radius 2 is 2.00 bits per heavy atom. The van der Waals surface area contributed by atoms with Crippen molar-refractivity contribution in [1.82, 2.24) is 14.3 Å². The van der Waals surface area contributed by atoms with Crippen molar-refractivity contribution in [1.29, 1.82) is 0 Å². The monoisotopic (exact) mass is 430 g/mol. The molecule has 0 aliphatic heterocycles. The molecule has 3 aromatic rings. The molecule has 1 aromatic carbocycles. The molecule has 5 nitrogen and oxygen atoms in total. The van der Waals surface area contributed by atoms with E-state index in [-0.39, 0.29) is 30.8 Å². The molecule has 0 aliphatic rings. The van der Waals surface area contributed by atoms with Gasteiger partial charge in [-0.1, -0.05) is 6.07 Å². The average Bonchev–Trinajstić information content (AvgIpc) is 3.27. The lowest BCUT2D eigenvalue weighted by atomic mass is 10.1. The molecule has 0 spiro atoms. The molecule has 29 heavy (non-hydrogen) atoms.